The highest BCUT2D eigenvalue weighted by molar-refractivity contribution is 14.1. The molecule has 0 radical (unpaired) electrons. The highest BCUT2D eigenvalue weighted by atomic mass is 127. The Labute approximate surface area is 159 Å². The minimum Gasteiger partial charge on any atom is -0.294 e. The highest BCUT2D eigenvalue weighted by Crippen LogP contribution is 2.28. The number of nitriles is 1. The van der Waals surface area contributed by atoms with Crippen LogP contribution in [0.5, 0.6) is 0 Å². The number of aromatic nitrogens is 2. The van der Waals surface area contributed by atoms with Gasteiger partial charge in [-0.25, -0.2) is 4.98 Å². The van der Waals surface area contributed by atoms with Gasteiger partial charge in [0.15, 0.2) is 5.16 Å². The van der Waals surface area contributed by atoms with Crippen LogP contribution in [0.15, 0.2) is 59.9 Å². The lowest BCUT2D eigenvalue weighted by atomic mass is 10.1. The van der Waals surface area contributed by atoms with Crippen molar-refractivity contribution in [1.82, 2.24) is 9.55 Å². The molecule has 0 N–H and O–H groups in total. The van der Waals surface area contributed by atoms with E-state index in [1.165, 1.54) is 3.57 Å². The summed E-state index contributed by atoms with van der Waals surface area (Å²) in [6.45, 7) is 2.17. The Morgan fingerprint density at radius 1 is 1.12 bits per heavy atom. The molecule has 3 rings (SSSR count). The predicted octanol–water partition coefficient (Wildman–Crippen LogP) is 5.52. The van der Waals surface area contributed by atoms with E-state index in [9.17, 15) is 0 Å². The first kappa shape index (κ1) is 17.1. The third-order valence-electron chi connectivity index (χ3n) is 3.52. The Bertz CT molecular complexity index is 861. The maximum Gasteiger partial charge on any atom is 0.173 e. The first-order valence-corrected chi connectivity index (χ1v) is 9.76. The van der Waals surface area contributed by atoms with E-state index < -0.39 is 0 Å². The Morgan fingerprint density at radius 2 is 1.83 bits per heavy atom. The van der Waals surface area contributed by atoms with Gasteiger partial charge in [0.25, 0.3) is 0 Å². The lowest BCUT2D eigenvalue weighted by Crippen LogP contribution is -1.95. The summed E-state index contributed by atoms with van der Waals surface area (Å²) in [4.78, 5) is 4.81. The summed E-state index contributed by atoms with van der Waals surface area (Å²) >= 11 is 4.08. The number of benzene rings is 2. The van der Waals surface area contributed by atoms with E-state index in [1.807, 2.05) is 24.3 Å². The molecule has 2 aromatic carbocycles. The van der Waals surface area contributed by atoms with Gasteiger partial charge >= 0.3 is 0 Å². The largest absolute Gasteiger partial charge is 0.294 e. The minimum absolute atomic E-state index is 0.663. The molecule has 1 heterocycles. The molecule has 0 aliphatic heterocycles. The fourth-order valence-electron chi connectivity index (χ4n) is 2.30. The minimum atomic E-state index is 0.663. The van der Waals surface area contributed by atoms with Gasteiger partial charge in [0.05, 0.1) is 17.3 Å². The second-order valence-corrected chi connectivity index (χ2v) is 7.60. The SMILES string of the molecule is CCCSc1nc(-c2ccc(C#N)cc2)cn1-c1ccc(I)cc1. The molecule has 3 aromatic rings. The van der Waals surface area contributed by atoms with Crippen molar-refractivity contribution in [1.29, 1.82) is 5.26 Å². The number of rotatable bonds is 5. The van der Waals surface area contributed by atoms with E-state index in [0.29, 0.717) is 5.56 Å². The summed E-state index contributed by atoms with van der Waals surface area (Å²) in [5.41, 5.74) is 3.73. The van der Waals surface area contributed by atoms with Crippen LogP contribution in [0, 0.1) is 14.9 Å². The second-order valence-electron chi connectivity index (χ2n) is 5.29. The van der Waals surface area contributed by atoms with E-state index >= 15 is 0 Å². The summed E-state index contributed by atoms with van der Waals surface area (Å²) < 4.78 is 3.36. The van der Waals surface area contributed by atoms with E-state index in [-0.39, 0.29) is 0 Å². The van der Waals surface area contributed by atoms with Crippen LogP contribution in [-0.4, -0.2) is 15.3 Å². The molecule has 5 heteroatoms. The van der Waals surface area contributed by atoms with Gasteiger partial charge in [-0.05, 0) is 65.4 Å². The zero-order valence-electron chi connectivity index (χ0n) is 13.2. The molecule has 0 spiro atoms. The van der Waals surface area contributed by atoms with E-state index in [2.05, 4.69) is 70.6 Å². The maximum atomic E-state index is 8.94. The van der Waals surface area contributed by atoms with E-state index in [4.69, 9.17) is 10.2 Å². The summed E-state index contributed by atoms with van der Waals surface area (Å²) in [6, 6.07) is 18.1. The van der Waals surface area contributed by atoms with Crippen molar-refractivity contribution in [2.45, 2.75) is 18.5 Å². The van der Waals surface area contributed by atoms with Crippen molar-refractivity contribution in [2.24, 2.45) is 0 Å². The van der Waals surface area contributed by atoms with Crippen molar-refractivity contribution in [2.75, 3.05) is 5.75 Å². The molecule has 120 valence electrons. The lowest BCUT2D eigenvalue weighted by molar-refractivity contribution is 0.893. The second kappa shape index (κ2) is 7.86. The number of thioether (sulfide) groups is 1. The molecular weight excluding hydrogens is 429 g/mol. The van der Waals surface area contributed by atoms with Crippen molar-refractivity contribution >= 4 is 34.4 Å². The standard InChI is InChI=1S/C19H16IN3S/c1-2-11-24-19-22-18(15-5-3-14(12-21)4-6-15)13-23(19)17-9-7-16(20)8-10-17/h3-10,13H,2,11H2,1H3. The Balaban J connectivity index is 2.01. The Kier molecular flexibility index (Phi) is 5.59. The summed E-state index contributed by atoms with van der Waals surface area (Å²) in [7, 11) is 0. The molecule has 0 unspecified atom stereocenters. The molecule has 3 nitrogen and oxygen atoms in total. The summed E-state index contributed by atoms with van der Waals surface area (Å²) in [5.74, 6) is 1.04. The fraction of sp³-hybridized carbons (Fsp3) is 0.158. The Hall–Kier alpha value is -1.78. The van der Waals surface area contributed by atoms with Gasteiger partial charge in [-0.1, -0.05) is 30.8 Å². The van der Waals surface area contributed by atoms with Crippen LogP contribution in [0.4, 0.5) is 0 Å². The van der Waals surface area contributed by atoms with Crippen molar-refractivity contribution in [3.8, 4) is 23.0 Å². The molecular formula is C19H16IN3S. The summed E-state index contributed by atoms with van der Waals surface area (Å²) in [6.07, 6.45) is 3.18. The zero-order chi connectivity index (χ0) is 16.9. The van der Waals surface area contributed by atoms with E-state index in [0.717, 1.165) is 34.3 Å². The smallest absolute Gasteiger partial charge is 0.173 e. The monoisotopic (exact) mass is 445 g/mol. The summed E-state index contributed by atoms with van der Waals surface area (Å²) in [5, 5.41) is 9.94. The van der Waals surface area contributed by atoms with Crippen molar-refractivity contribution in [3.05, 3.63) is 63.9 Å². The molecule has 0 atom stereocenters. The molecule has 0 aliphatic rings. The van der Waals surface area contributed by atoms with Gasteiger partial charge in [-0.2, -0.15) is 5.26 Å². The fourth-order valence-corrected chi connectivity index (χ4v) is 3.51. The molecule has 0 saturated carbocycles. The highest BCUT2D eigenvalue weighted by Gasteiger charge is 2.11. The Morgan fingerprint density at radius 3 is 2.46 bits per heavy atom. The van der Waals surface area contributed by atoms with Gasteiger partial charge in [-0.3, -0.25) is 4.57 Å². The maximum absolute atomic E-state index is 8.94. The van der Waals surface area contributed by atoms with Gasteiger partial charge < -0.3 is 0 Å². The molecule has 1 aromatic heterocycles. The molecule has 0 bridgehead atoms. The van der Waals surface area contributed by atoms with Gasteiger partial charge in [0.1, 0.15) is 0 Å². The normalized spacial score (nSPS) is 10.5. The third-order valence-corrected chi connectivity index (χ3v) is 5.40. The van der Waals surface area contributed by atoms with Gasteiger partial charge in [-0.15, -0.1) is 0 Å². The average molecular weight is 445 g/mol. The van der Waals surface area contributed by atoms with Gasteiger partial charge in [0, 0.05) is 26.8 Å². The first-order valence-electron chi connectivity index (χ1n) is 7.70. The van der Waals surface area contributed by atoms with Crippen molar-refractivity contribution < 1.29 is 0 Å². The molecule has 0 saturated heterocycles. The molecule has 0 fully saturated rings. The van der Waals surface area contributed by atoms with Gasteiger partial charge in [0.2, 0.25) is 0 Å². The van der Waals surface area contributed by atoms with Crippen molar-refractivity contribution in [3.63, 3.8) is 0 Å². The van der Waals surface area contributed by atoms with E-state index in [1.54, 1.807) is 11.8 Å². The van der Waals surface area contributed by atoms with Crippen LogP contribution in [0.1, 0.15) is 18.9 Å². The molecule has 0 aliphatic carbocycles. The lowest BCUT2D eigenvalue weighted by Gasteiger charge is -2.06. The van der Waals surface area contributed by atoms with Crippen LogP contribution in [0.3, 0.4) is 0 Å². The number of hydrogen-bond donors (Lipinski definition) is 0. The van der Waals surface area contributed by atoms with Crippen LogP contribution >= 0.6 is 34.4 Å². The molecule has 24 heavy (non-hydrogen) atoms. The third kappa shape index (κ3) is 3.82. The van der Waals surface area contributed by atoms with Crippen LogP contribution in [-0.2, 0) is 0 Å². The quantitative estimate of drug-likeness (QED) is 0.384. The van der Waals surface area contributed by atoms with Crippen LogP contribution in [0.2, 0.25) is 0 Å². The predicted molar refractivity (Wildman–Crippen MR) is 107 cm³/mol. The average Bonchev–Trinajstić information content (AvgIpc) is 3.05. The number of halogens is 1. The first-order chi connectivity index (χ1) is 11.7. The number of hydrogen-bond acceptors (Lipinski definition) is 3. The van der Waals surface area contributed by atoms with Crippen LogP contribution in [0.25, 0.3) is 16.9 Å². The van der Waals surface area contributed by atoms with Crippen LogP contribution < -0.4 is 0 Å². The number of nitrogens with zero attached hydrogens (tertiary/aromatic N) is 3. The zero-order valence-corrected chi connectivity index (χ0v) is 16.2. The number of imidazole rings is 1. The molecule has 0 amide bonds. The topological polar surface area (TPSA) is 41.6 Å².